The normalized spacial score (nSPS) is 12.0. The van der Waals surface area contributed by atoms with Crippen LogP contribution < -0.4 is 5.32 Å². The molecule has 1 unspecified atom stereocenters. The number of amides is 1. The van der Waals surface area contributed by atoms with Gasteiger partial charge >= 0.3 is 6.09 Å². The lowest BCUT2D eigenvalue weighted by molar-refractivity contribution is 0.0945. The van der Waals surface area contributed by atoms with Crippen LogP contribution in [0.25, 0.3) is 22.6 Å². The number of carbonyl (C=O) groups excluding carboxylic acids is 1. The lowest BCUT2D eigenvalue weighted by Crippen LogP contribution is -2.37. The van der Waals surface area contributed by atoms with E-state index in [-0.39, 0.29) is 5.78 Å². The smallest absolute Gasteiger partial charge is 0.405 e. The van der Waals surface area contributed by atoms with Gasteiger partial charge in [0, 0.05) is 11.1 Å². The number of fused-ring (bicyclic) bond motifs is 1. The summed E-state index contributed by atoms with van der Waals surface area (Å²) in [6.45, 7) is 1.50. The van der Waals surface area contributed by atoms with Crippen molar-refractivity contribution in [2.75, 3.05) is 0 Å². The quantitative estimate of drug-likeness (QED) is 0.721. The Hall–Kier alpha value is -3.15. The van der Waals surface area contributed by atoms with Gasteiger partial charge in [-0.05, 0) is 37.3 Å². The monoisotopic (exact) mass is 310 g/mol. The van der Waals surface area contributed by atoms with Crippen LogP contribution in [0.5, 0.6) is 0 Å². The Morgan fingerprint density at radius 1 is 1.17 bits per heavy atom. The van der Waals surface area contributed by atoms with E-state index in [9.17, 15) is 9.59 Å². The molecule has 116 valence electrons. The third kappa shape index (κ3) is 3.06. The van der Waals surface area contributed by atoms with Gasteiger partial charge in [0.2, 0.25) is 5.89 Å². The average molecular weight is 310 g/mol. The predicted molar refractivity (Wildman–Crippen MR) is 84.4 cm³/mol. The fourth-order valence-electron chi connectivity index (χ4n) is 2.28. The van der Waals surface area contributed by atoms with Crippen molar-refractivity contribution in [1.29, 1.82) is 0 Å². The van der Waals surface area contributed by atoms with Gasteiger partial charge in [0.15, 0.2) is 11.4 Å². The molecule has 0 radical (unpaired) electrons. The Bertz CT molecular complexity index is 871. The maximum absolute atomic E-state index is 12.2. The molecule has 0 fully saturated rings. The van der Waals surface area contributed by atoms with Crippen molar-refractivity contribution in [2.24, 2.45) is 0 Å². The fraction of sp³-hybridized carbons (Fsp3) is 0.118. The molecule has 2 aromatic carbocycles. The number of carbonyl (C=O) groups is 2. The molecule has 3 rings (SSSR count). The summed E-state index contributed by atoms with van der Waals surface area (Å²) < 4.78 is 5.71. The summed E-state index contributed by atoms with van der Waals surface area (Å²) in [5, 5.41) is 10.8. The number of rotatable bonds is 4. The minimum Gasteiger partial charge on any atom is -0.465 e. The number of ketones is 1. The molecular formula is C17H14N2O4. The molecule has 3 aromatic rings. The molecule has 23 heavy (non-hydrogen) atoms. The second-order valence-corrected chi connectivity index (χ2v) is 5.10. The molecule has 2 N–H and O–H groups in total. The second kappa shape index (κ2) is 5.92. The lowest BCUT2D eigenvalue weighted by atomic mass is 10.1. The zero-order valence-corrected chi connectivity index (χ0v) is 12.3. The number of hydrogen-bond acceptors (Lipinski definition) is 4. The number of Topliss-reactive ketones (excluding diaryl/α,β-unsaturated/α-hetero) is 1. The van der Waals surface area contributed by atoms with E-state index in [1.165, 1.54) is 6.92 Å². The van der Waals surface area contributed by atoms with Gasteiger partial charge in [-0.1, -0.05) is 18.2 Å². The van der Waals surface area contributed by atoms with E-state index in [0.717, 1.165) is 5.56 Å². The van der Waals surface area contributed by atoms with Crippen LogP contribution in [0.3, 0.4) is 0 Å². The molecule has 0 spiro atoms. The maximum Gasteiger partial charge on any atom is 0.405 e. The first-order chi connectivity index (χ1) is 11.0. The van der Waals surface area contributed by atoms with Crippen LogP contribution in [-0.4, -0.2) is 28.0 Å². The highest BCUT2D eigenvalue weighted by Crippen LogP contribution is 2.25. The SMILES string of the molecule is CC(NC(=O)O)C(=O)c1ccc2nc(-c3ccccc3)oc2c1. The van der Waals surface area contributed by atoms with Gasteiger partial charge < -0.3 is 14.8 Å². The Balaban J connectivity index is 1.93. The van der Waals surface area contributed by atoms with Gasteiger partial charge in [0.1, 0.15) is 5.52 Å². The summed E-state index contributed by atoms with van der Waals surface area (Å²) in [7, 11) is 0. The maximum atomic E-state index is 12.2. The van der Waals surface area contributed by atoms with Gasteiger partial charge in [-0.15, -0.1) is 0 Å². The van der Waals surface area contributed by atoms with Gasteiger partial charge in [-0.2, -0.15) is 0 Å². The van der Waals surface area contributed by atoms with Crippen LogP contribution in [0.4, 0.5) is 4.79 Å². The third-order valence-corrected chi connectivity index (χ3v) is 3.43. The molecule has 0 saturated heterocycles. The Morgan fingerprint density at radius 2 is 1.91 bits per heavy atom. The molecule has 0 bridgehead atoms. The van der Waals surface area contributed by atoms with E-state index in [4.69, 9.17) is 9.52 Å². The summed E-state index contributed by atoms with van der Waals surface area (Å²) >= 11 is 0. The van der Waals surface area contributed by atoms with Crippen LogP contribution in [0.15, 0.2) is 52.9 Å². The van der Waals surface area contributed by atoms with Crippen molar-refractivity contribution in [1.82, 2.24) is 10.3 Å². The highest BCUT2D eigenvalue weighted by Gasteiger charge is 2.18. The first-order valence-electron chi connectivity index (χ1n) is 7.04. The van der Waals surface area contributed by atoms with Crippen molar-refractivity contribution in [2.45, 2.75) is 13.0 Å². The minimum absolute atomic E-state index is 0.327. The van der Waals surface area contributed by atoms with E-state index >= 15 is 0 Å². The van der Waals surface area contributed by atoms with Crippen molar-refractivity contribution < 1.29 is 19.1 Å². The van der Waals surface area contributed by atoms with Crippen molar-refractivity contribution in [3.05, 3.63) is 54.1 Å². The van der Waals surface area contributed by atoms with Crippen LogP contribution in [0.1, 0.15) is 17.3 Å². The Labute approximate surface area is 131 Å². The van der Waals surface area contributed by atoms with Crippen LogP contribution in [0.2, 0.25) is 0 Å². The second-order valence-electron chi connectivity index (χ2n) is 5.10. The van der Waals surface area contributed by atoms with Gasteiger partial charge in [0.25, 0.3) is 0 Å². The molecule has 0 aliphatic heterocycles. The first kappa shape index (κ1) is 14.8. The molecule has 1 atom stereocenters. The number of nitrogens with zero attached hydrogens (tertiary/aromatic N) is 1. The molecule has 0 aliphatic rings. The number of aromatic nitrogens is 1. The first-order valence-corrected chi connectivity index (χ1v) is 7.04. The summed E-state index contributed by atoms with van der Waals surface area (Å²) in [4.78, 5) is 27.2. The molecule has 1 aromatic heterocycles. The summed E-state index contributed by atoms with van der Waals surface area (Å²) in [6.07, 6.45) is -1.24. The minimum atomic E-state index is -1.24. The van der Waals surface area contributed by atoms with Crippen LogP contribution in [-0.2, 0) is 0 Å². The lowest BCUT2D eigenvalue weighted by Gasteiger charge is -2.09. The van der Waals surface area contributed by atoms with Gasteiger partial charge in [-0.3, -0.25) is 4.79 Å². The third-order valence-electron chi connectivity index (χ3n) is 3.43. The molecule has 1 heterocycles. The molecular weight excluding hydrogens is 296 g/mol. The zero-order valence-electron chi connectivity index (χ0n) is 12.3. The molecule has 1 amide bonds. The number of hydrogen-bond donors (Lipinski definition) is 2. The summed E-state index contributed by atoms with van der Waals surface area (Å²) in [5.41, 5.74) is 2.34. The van der Waals surface area contributed by atoms with Crippen LogP contribution in [0, 0.1) is 0 Å². The number of carboxylic acid groups (broad SMARTS) is 1. The van der Waals surface area contributed by atoms with Crippen molar-refractivity contribution >= 4 is 23.0 Å². The predicted octanol–water partition coefficient (Wildman–Crippen LogP) is 3.33. The van der Waals surface area contributed by atoms with E-state index in [0.29, 0.717) is 22.6 Å². The highest BCUT2D eigenvalue weighted by atomic mass is 16.4. The van der Waals surface area contributed by atoms with E-state index < -0.39 is 12.1 Å². The van der Waals surface area contributed by atoms with E-state index in [1.54, 1.807) is 18.2 Å². The summed E-state index contributed by atoms with van der Waals surface area (Å²) in [6, 6.07) is 13.5. The molecule has 0 aliphatic carbocycles. The fourth-order valence-corrected chi connectivity index (χ4v) is 2.28. The average Bonchev–Trinajstić information content (AvgIpc) is 2.97. The Kier molecular flexibility index (Phi) is 3.80. The molecule has 6 heteroatoms. The van der Waals surface area contributed by atoms with Gasteiger partial charge in [0.05, 0.1) is 6.04 Å². The van der Waals surface area contributed by atoms with E-state index in [2.05, 4.69) is 10.3 Å². The van der Waals surface area contributed by atoms with Crippen molar-refractivity contribution in [3.63, 3.8) is 0 Å². The van der Waals surface area contributed by atoms with Crippen LogP contribution >= 0.6 is 0 Å². The molecule has 6 nitrogen and oxygen atoms in total. The standard InChI is InChI=1S/C17H14N2O4/c1-10(18-17(21)22)15(20)12-7-8-13-14(9-12)23-16(19-13)11-5-3-2-4-6-11/h2-10,18H,1H3,(H,21,22). The summed E-state index contributed by atoms with van der Waals surface area (Å²) in [5.74, 6) is 0.147. The van der Waals surface area contributed by atoms with Crippen molar-refractivity contribution in [3.8, 4) is 11.5 Å². The highest BCUT2D eigenvalue weighted by molar-refractivity contribution is 6.03. The largest absolute Gasteiger partial charge is 0.465 e. The number of benzene rings is 2. The number of nitrogens with one attached hydrogen (secondary N) is 1. The van der Waals surface area contributed by atoms with Gasteiger partial charge in [-0.25, -0.2) is 9.78 Å². The topological polar surface area (TPSA) is 92.4 Å². The molecule has 0 saturated carbocycles. The Morgan fingerprint density at radius 3 is 2.61 bits per heavy atom. The van der Waals surface area contributed by atoms with E-state index in [1.807, 2.05) is 30.3 Å². The zero-order chi connectivity index (χ0) is 16.4. The number of oxazole rings is 1.